The summed E-state index contributed by atoms with van der Waals surface area (Å²) in [5.74, 6) is -0.0120. The third-order valence-corrected chi connectivity index (χ3v) is 4.67. The van der Waals surface area contributed by atoms with E-state index in [0.29, 0.717) is 29.6 Å². The lowest BCUT2D eigenvalue weighted by atomic mass is 10.2. The van der Waals surface area contributed by atoms with E-state index in [4.69, 9.17) is 11.6 Å². The molecule has 0 heterocycles. The van der Waals surface area contributed by atoms with Gasteiger partial charge in [0.05, 0.1) is 11.9 Å². The van der Waals surface area contributed by atoms with Gasteiger partial charge >= 0.3 is 0 Å². The van der Waals surface area contributed by atoms with Gasteiger partial charge in [-0.3, -0.25) is 9.10 Å². The number of nitrogens with zero attached hydrogens (tertiary/aromatic N) is 1. The number of hydrogen-bond acceptors (Lipinski definition) is 3. The third-order valence-electron chi connectivity index (χ3n) is 3.22. The molecule has 116 valence electrons. The van der Waals surface area contributed by atoms with Crippen LogP contribution in [-0.2, 0) is 14.8 Å². The molecule has 0 aliphatic heterocycles. The maximum absolute atomic E-state index is 11.9. The van der Waals surface area contributed by atoms with Crippen molar-refractivity contribution in [2.45, 2.75) is 31.7 Å². The van der Waals surface area contributed by atoms with Crippen molar-refractivity contribution in [1.82, 2.24) is 5.32 Å². The second kappa shape index (κ2) is 6.66. The van der Waals surface area contributed by atoms with Gasteiger partial charge in [0.15, 0.2) is 0 Å². The van der Waals surface area contributed by atoms with Gasteiger partial charge in [0, 0.05) is 24.0 Å². The van der Waals surface area contributed by atoms with E-state index in [1.165, 1.54) is 4.31 Å². The first-order chi connectivity index (χ1) is 9.86. The van der Waals surface area contributed by atoms with Crippen LogP contribution in [0.3, 0.4) is 0 Å². The van der Waals surface area contributed by atoms with Crippen LogP contribution in [0.1, 0.15) is 25.7 Å². The van der Waals surface area contributed by atoms with Gasteiger partial charge < -0.3 is 5.32 Å². The SMILES string of the molecule is CS(=O)(=O)N(CCCC(=O)NC1CC1)c1ccc(Cl)cc1. The van der Waals surface area contributed by atoms with Crippen molar-refractivity contribution < 1.29 is 13.2 Å². The van der Waals surface area contributed by atoms with Gasteiger partial charge in [-0.15, -0.1) is 0 Å². The Morgan fingerprint density at radius 2 is 1.95 bits per heavy atom. The average molecular weight is 331 g/mol. The van der Waals surface area contributed by atoms with E-state index in [1.54, 1.807) is 24.3 Å². The molecule has 0 saturated heterocycles. The Labute approximate surface area is 130 Å². The number of hydrogen-bond donors (Lipinski definition) is 1. The zero-order chi connectivity index (χ0) is 15.5. The monoisotopic (exact) mass is 330 g/mol. The molecule has 1 amide bonds. The number of rotatable bonds is 7. The highest BCUT2D eigenvalue weighted by molar-refractivity contribution is 7.92. The molecule has 5 nitrogen and oxygen atoms in total. The fraction of sp³-hybridized carbons (Fsp3) is 0.500. The van der Waals surface area contributed by atoms with E-state index < -0.39 is 10.0 Å². The second-order valence-corrected chi connectivity index (χ2v) is 7.60. The predicted octanol–water partition coefficient (Wildman–Crippen LogP) is 2.16. The molecule has 1 saturated carbocycles. The smallest absolute Gasteiger partial charge is 0.232 e. The predicted molar refractivity (Wildman–Crippen MR) is 84.0 cm³/mol. The fourth-order valence-electron chi connectivity index (χ4n) is 2.00. The lowest BCUT2D eigenvalue weighted by Crippen LogP contribution is -2.32. The molecule has 21 heavy (non-hydrogen) atoms. The van der Waals surface area contributed by atoms with Gasteiger partial charge in [-0.1, -0.05) is 11.6 Å². The van der Waals surface area contributed by atoms with E-state index >= 15 is 0 Å². The number of carbonyl (C=O) groups is 1. The molecule has 1 aromatic carbocycles. The van der Waals surface area contributed by atoms with E-state index in [-0.39, 0.29) is 12.5 Å². The third kappa shape index (κ3) is 5.21. The topological polar surface area (TPSA) is 66.5 Å². The lowest BCUT2D eigenvalue weighted by molar-refractivity contribution is -0.121. The van der Waals surface area contributed by atoms with Crippen LogP contribution in [0.2, 0.25) is 5.02 Å². The number of carbonyl (C=O) groups excluding carboxylic acids is 1. The van der Waals surface area contributed by atoms with Crippen molar-refractivity contribution >= 4 is 33.2 Å². The van der Waals surface area contributed by atoms with Crippen molar-refractivity contribution in [3.05, 3.63) is 29.3 Å². The molecule has 0 radical (unpaired) electrons. The van der Waals surface area contributed by atoms with Gasteiger partial charge in [0.1, 0.15) is 0 Å². The number of benzene rings is 1. The van der Waals surface area contributed by atoms with Gasteiger partial charge in [-0.2, -0.15) is 0 Å². The van der Waals surface area contributed by atoms with E-state index in [1.807, 2.05) is 0 Å². The Balaban J connectivity index is 1.93. The molecule has 2 rings (SSSR count). The van der Waals surface area contributed by atoms with Crippen molar-refractivity contribution in [2.24, 2.45) is 0 Å². The van der Waals surface area contributed by atoms with Crippen LogP contribution in [0.5, 0.6) is 0 Å². The minimum Gasteiger partial charge on any atom is -0.353 e. The van der Waals surface area contributed by atoms with Gasteiger partial charge in [-0.25, -0.2) is 8.42 Å². The number of nitrogens with one attached hydrogen (secondary N) is 1. The molecule has 1 N–H and O–H groups in total. The van der Waals surface area contributed by atoms with Crippen molar-refractivity contribution in [3.63, 3.8) is 0 Å². The Kier molecular flexibility index (Phi) is 5.11. The minimum absolute atomic E-state index is 0.0120. The maximum atomic E-state index is 11.9. The van der Waals surface area contributed by atoms with Crippen molar-refractivity contribution in [1.29, 1.82) is 0 Å². The van der Waals surface area contributed by atoms with Crippen LogP contribution in [0.4, 0.5) is 5.69 Å². The van der Waals surface area contributed by atoms with Crippen molar-refractivity contribution in [3.8, 4) is 0 Å². The quantitative estimate of drug-likeness (QED) is 0.833. The Bertz CT molecular complexity index is 597. The normalized spacial score (nSPS) is 14.8. The molecule has 0 atom stereocenters. The van der Waals surface area contributed by atoms with Gasteiger partial charge in [0.25, 0.3) is 0 Å². The van der Waals surface area contributed by atoms with Crippen LogP contribution >= 0.6 is 11.6 Å². The number of amides is 1. The summed E-state index contributed by atoms with van der Waals surface area (Å²) in [7, 11) is -3.38. The summed E-state index contributed by atoms with van der Waals surface area (Å²) in [6.45, 7) is 0.276. The maximum Gasteiger partial charge on any atom is 0.232 e. The molecular weight excluding hydrogens is 312 g/mol. The summed E-state index contributed by atoms with van der Waals surface area (Å²) in [5.41, 5.74) is 0.560. The van der Waals surface area contributed by atoms with E-state index in [9.17, 15) is 13.2 Å². The van der Waals surface area contributed by atoms with Gasteiger partial charge in [-0.05, 0) is 43.5 Å². The number of anilines is 1. The molecule has 1 fully saturated rings. The standard InChI is InChI=1S/C14H19ClN2O3S/c1-21(19,20)17(13-8-4-11(15)5-9-13)10-2-3-14(18)16-12-6-7-12/h4-5,8-9,12H,2-3,6-7,10H2,1H3,(H,16,18). The highest BCUT2D eigenvalue weighted by Gasteiger charge is 2.23. The largest absolute Gasteiger partial charge is 0.353 e. The summed E-state index contributed by atoms with van der Waals surface area (Å²) in [4.78, 5) is 11.6. The molecule has 0 spiro atoms. The van der Waals surface area contributed by atoms with E-state index in [2.05, 4.69) is 5.32 Å². The zero-order valence-corrected chi connectivity index (χ0v) is 13.5. The summed E-state index contributed by atoms with van der Waals surface area (Å²) >= 11 is 5.81. The molecule has 0 aromatic heterocycles. The van der Waals surface area contributed by atoms with Crippen LogP contribution in [0, 0.1) is 0 Å². The molecule has 1 aliphatic carbocycles. The molecule has 0 bridgehead atoms. The van der Waals surface area contributed by atoms with Crippen LogP contribution in [-0.4, -0.2) is 33.2 Å². The van der Waals surface area contributed by atoms with Crippen LogP contribution < -0.4 is 9.62 Å². The summed E-state index contributed by atoms with van der Waals surface area (Å²) in [6, 6.07) is 6.95. The summed E-state index contributed by atoms with van der Waals surface area (Å²) < 4.78 is 25.0. The highest BCUT2D eigenvalue weighted by Crippen LogP contribution is 2.21. The fourth-order valence-corrected chi connectivity index (χ4v) is 3.10. The summed E-state index contributed by atoms with van der Waals surface area (Å²) in [6.07, 6.45) is 4.06. The zero-order valence-electron chi connectivity index (χ0n) is 11.9. The Morgan fingerprint density at radius 1 is 1.33 bits per heavy atom. The molecular formula is C14H19ClN2O3S. The first-order valence-corrected chi connectivity index (χ1v) is 9.11. The number of halogens is 1. The van der Waals surface area contributed by atoms with Crippen molar-refractivity contribution in [2.75, 3.05) is 17.1 Å². The minimum atomic E-state index is -3.38. The second-order valence-electron chi connectivity index (χ2n) is 5.26. The Hall–Kier alpha value is -1.27. The number of sulfonamides is 1. The average Bonchev–Trinajstić information content (AvgIpc) is 3.18. The van der Waals surface area contributed by atoms with E-state index in [0.717, 1.165) is 19.1 Å². The van der Waals surface area contributed by atoms with Crippen LogP contribution in [0.25, 0.3) is 0 Å². The first kappa shape index (κ1) is 16.1. The van der Waals surface area contributed by atoms with Gasteiger partial charge in [0.2, 0.25) is 15.9 Å². The molecule has 1 aromatic rings. The first-order valence-electron chi connectivity index (χ1n) is 6.89. The Morgan fingerprint density at radius 3 is 2.48 bits per heavy atom. The molecule has 0 unspecified atom stereocenters. The van der Waals surface area contributed by atoms with Crippen LogP contribution in [0.15, 0.2) is 24.3 Å². The molecule has 1 aliphatic rings. The summed E-state index contributed by atoms with van der Waals surface area (Å²) in [5, 5.41) is 3.44. The lowest BCUT2D eigenvalue weighted by Gasteiger charge is -2.22. The highest BCUT2D eigenvalue weighted by atomic mass is 35.5. The molecule has 7 heteroatoms.